The van der Waals surface area contributed by atoms with E-state index in [9.17, 15) is 13.2 Å². The van der Waals surface area contributed by atoms with Crippen LogP contribution in [0.15, 0.2) is 39.8 Å². The van der Waals surface area contributed by atoms with Crippen LogP contribution in [-0.4, -0.2) is 50.6 Å². The van der Waals surface area contributed by atoms with Crippen molar-refractivity contribution >= 4 is 33.3 Å². The molecule has 1 aromatic carbocycles. The number of ether oxygens (including phenoxy) is 1. The Kier molecular flexibility index (Phi) is 7.15. The fraction of sp³-hybridized carbons (Fsp3) is 0.375. The summed E-state index contributed by atoms with van der Waals surface area (Å²) in [6.07, 6.45) is 0.444. The summed E-state index contributed by atoms with van der Waals surface area (Å²) in [5.41, 5.74) is 0. The second-order valence-corrected chi connectivity index (χ2v) is 7.88. The van der Waals surface area contributed by atoms with E-state index in [0.717, 1.165) is 4.31 Å². The maximum absolute atomic E-state index is 12.9. The predicted molar refractivity (Wildman–Crippen MR) is 96.6 cm³/mol. The minimum atomic E-state index is -3.87. The first-order valence-electron chi connectivity index (χ1n) is 7.81. The van der Waals surface area contributed by atoms with Crippen LogP contribution in [0.4, 0.5) is 5.82 Å². The minimum Gasteiger partial charge on any atom is -0.385 e. The highest BCUT2D eigenvalue weighted by atomic mass is 35.5. The standard InChI is InChI=1S/C16H20ClN3O5S/c1-12-10-15(19-25-12)18-16(21)11-20(8-3-9-24-2)26(22,23)14-6-4-13(17)5-7-14/h4-7,10H,3,8-9,11H2,1-2H3,(H,18,19,21). The van der Waals surface area contributed by atoms with Crippen molar-refractivity contribution in [1.29, 1.82) is 0 Å². The van der Waals surface area contributed by atoms with Gasteiger partial charge in [-0.05, 0) is 37.6 Å². The molecule has 1 N–H and O–H groups in total. The molecule has 10 heteroatoms. The second-order valence-electron chi connectivity index (χ2n) is 5.51. The van der Waals surface area contributed by atoms with Crippen LogP contribution < -0.4 is 5.32 Å². The van der Waals surface area contributed by atoms with Crippen LogP contribution in [0.2, 0.25) is 5.02 Å². The quantitative estimate of drug-likeness (QED) is 0.647. The summed E-state index contributed by atoms with van der Waals surface area (Å²) in [4.78, 5) is 12.3. The molecule has 0 aliphatic heterocycles. The summed E-state index contributed by atoms with van der Waals surface area (Å²) >= 11 is 5.82. The number of nitrogens with one attached hydrogen (secondary N) is 1. The molecule has 0 radical (unpaired) electrons. The van der Waals surface area contributed by atoms with Crippen LogP contribution in [0.3, 0.4) is 0 Å². The minimum absolute atomic E-state index is 0.0596. The third-order valence-corrected chi connectivity index (χ3v) is 5.53. The van der Waals surface area contributed by atoms with Gasteiger partial charge in [0.1, 0.15) is 5.76 Å². The SMILES string of the molecule is COCCCN(CC(=O)Nc1cc(C)on1)S(=O)(=O)c1ccc(Cl)cc1. The molecule has 1 heterocycles. The Labute approximate surface area is 157 Å². The molecular formula is C16H20ClN3O5S. The van der Waals surface area contributed by atoms with Crippen molar-refractivity contribution in [2.75, 3.05) is 32.1 Å². The number of sulfonamides is 1. The first kappa shape index (κ1) is 20.4. The molecule has 0 spiro atoms. The van der Waals surface area contributed by atoms with Gasteiger partial charge in [-0.25, -0.2) is 8.42 Å². The Morgan fingerprint density at radius 2 is 2.04 bits per heavy atom. The number of carbonyl (C=O) groups is 1. The highest BCUT2D eigenvalue weighted by Gasteiger charge is 2.26. The maximum Gasteiger partial charge on any atom is 0.243 e. The van der Waals surface area contributed by atoms with E-state index in [0.29, 0.717) is 23.8 Å². The molecule has 2 aromatic rings. The summed E-state index contributed by atoms with van der Waals surface area (Å²) in [5, 5.41) is 6.60. The largest absolute Gasteiger partial charge is 0.385 e. The number of carbonyl (C=O) groups excluding carboxylic acids is 1. The van der Waals surface area contributed by atoms with Gasteiger partial charge in [0.15, 0.2) is 5.82 Å². The van der Waals surface area contributed by atoms with E-state index >= 15 is 0 Å². The first-order chi connectivity index (χ1) is 12.3. The molecule has 0 atom stereocenters. The molecule has 0 fully saturated rings. The van der Waals surface area contributed by atoms with Crippen molar-refractivity contribution in [2.45, 2.75) is 18.2 Å². The van der Waals surface area contributed by atoms with E-state index in [1.165, 1.54) is 31.4 Å². The Morgan fingerprint density at radius 1 is 1.35 bits per heavy atom. The lowest BCUT2D eigenvalue weighted by atomic mass is 10.4. The molecule has 1 amide bonds. The van der Waals surface area contributed by atoms with E-state index in [1.54, 1.807) is 13.0 Å². The lowest BCUT2D eigenvalue weighted by Gasteiger charge is -2.21. The van der Waals surface area contributed by atoms with Gasteiger partial charge in [0, 0.05) is 31.4 Å². The number of methoxy groups -OCH3 is 1. The van der Waals surface area contributed by atoms with Gasteiger partial charge in [-0.1, -0.05) is 16.8 Å². The molecule has 142 valence electrons. The molecule has 0 saturated carbocycles. The van der Waals surface area contributed by atoms with Gasteiger partial charge in [-0.2, -0.15) is 4.31 Å². The average molecular weight is 402 g/mol. The van der Waals surface area contributed by atoms with Crippen LogP contribution in [-0.2, 0) is 19.6 Å². The Morgan fingerprint density at radius 3 is 2.62 bits per heavy atom. The summed E-state index contributed by atoms with van der Waals surface area (Å²) in [7, 11) is -2.34. The number of anilines is 1. The molecule has 26 heavy (non-hydrogen) atoms. The zero-order chi connectivity index (χ0) is 19.2. The number of aryl methyl sites for hydroxylation is 1. The number of hydrogen-bond acceptors (Lipinski definition) is 6. The van der Waals surface area contributed by atoms with E-state index in [1.807, 2.05) is 0 Å². The number of halogens is 1. The van der Waals surface area contributed by atoms with Crippen LogP contribution in [0, 0.1) is 6.92 Å². The lowest BCUT2D eigenvalue weighted by molar-refractivity contribution is -0.116. The molecular weight excluding hydrogens is 382 g/mol. The molecule has 2 rings (SSSR count). The van der Waals surface area contributed by atoms with E-state index in [-0.39, 0.29) is 23.8 Å². The monoisotopic (exact) mass is 401 g/mol. The predicted octanol–water partition coefficient (Wildman–Crippen LogP) is 2.30. The van der Waals surface area contributed by atoms with Crippen molar-refractivity contribution in [1.82, 2.24) is 9.46 Å². The van der Waals surface area contributed by atoms with Gasteiger partial charge < -0.3 is 14.6 Å². The number of rotatable bonds is 9. The fourth-order valence-corrected chi connectivity index (χ4v) is 3.75. The van der Waals surface area contributed by atoms with Crippen LogP contribution in [0.5, 0.6) is 0 Å². The Hall–Kier alpha value is -1.94. The van der Waals surface area contributed by atoms with Crippen molar-refractivity contribution in [2.24, 2.45) is 0 Å². The van der Waals surface area contributed by atoms with Crippen molar-refractivity contribution in [3.63, 3.8) is 0 Å². The second kappa shape index (κ2) is 9.13. The van der Waals surface area contributed by atoms with Gasteiger partial charge in [-0.15, -0.1) is 0 Å². The zero-order valence-electron chi connectivity index (χ0n) is 14.4. The van der Waals surface area contributed by atoms with Crippen molar-refractivity contribution in [3.05, 3.63) is 41.1 Å². The first-order valence-corrected chi connectivity index (χ1v) is 9.62. The molecule has 0 aliphatic carbocycles. The summed E-state index contributed by atoms with van der Waals surface area (Å²) in [5.74, 6) is 0.243. The smallest absolute Gasteiger partial charge is 0.243 e. The normalized spacial score (nSPS) is 11.7. The van der Waals surface area contributed by atoms with E-state index in [2.05, 4.69) is 10.5 Å². The van der Waals surface area contributed by atoms with Crippen LogP contribution in [0.25, 0.3) is 0 Å². The number of benzene rings is 1. The van der Waals surface area contributed by atoms with Crippen molar-refractivity contribution in [3.8, 4) is 0 Å². The summed E-state index contributed by atoms with van der Waals surface area (Å²) in [6, 6.07) is 7.32. The highest BCUT2D eigenvalue weighted by molar-refractivity contribution is 7.89. The zero-order valence-corrected chi connectivity index (χ0v) is 16.0. The third-order valence-electron chi connectivity index (χ3n) is 3.42. The number of hydrogen-bond donors (Lipinski definition) is 1. The van der Waals surface area contributed by atoms with Gasteiger partial charge in [0.05, 0.1) is 11.4 Å². The molecule has 0 unspecified atom stereocenters. The maximum atomic E-state index is 12.9. The molecule has 0 saturated heterocycles. The van der Waals surface area contributed by atoms with Gasteiger partial charge in [-0.3, -0.25) is 4.79 Å². The number of nitrogens with zero attached hydrogens (tertiary/aromatic N) is 2. The van der Waals surface area contributed by atoms with E-state index < -0.39 is 15.9 Å². The highest BCUT2D eigenvalue weighted by Crippen LogP contribution is 2.19. The van der Waals surface area contributed by atoms with Crippen molar-refractivity contribution < 1.29 is 22.5 Å². The molecule has 0 aliphatic rings. The average Bonchev–Trinajstić information content (AvgIpc) is 2.99. The van der Waals surface area contributed by atoms with Crippen LogP contribution in [0.1, 0.15) is 12.2 Å². The summed E-state index contributed by atoms with van der Waals surface area (Å²) in [6.45, 7) is 1.83. The van der Waals surface area contributed by atoms with Gasteiger partial charge in [0.2, 0.25) is 15.9 Å². The molecule has 1 aromatic heterocycles. The van der Waals surface area contributed by atoms with Gasteiger partial charge in [0.25, 0.3) is 0 Å². The molecule has 8 nitrogen and oxygen atoms in total. The molecule has 0 bridgehead atoms. The lowest BCUT2D eigenvalue weighted by Crippen LogP contribution is -2.39. The Balaban J connectivity index is 2.15. The van der Waals surface area contributed by atoms with Crippen LogP contribution >= 0.6 is 11.6 Å². The topological polar surface area (TPSA) is 102 Å². The van der Waals surface area contributed by atoms with E-state index in [4.69, 9.17) is 20.9 Å². The Bertz CT molecular complexity index is 836. The third kappa shape index (κ3) is 5.53. The van der Waals surface area contributed by atoms with Gasteiger partial charge >= 0.3 is 0 Å². The fourth-order valence-electron chi connectivity index (χ4n) is 2.19. The number of amides is 1. The summed E-state index contributed by atoms with van der Waals surface area (Å²) < 4.78 is 36.7. The number of aromatic nitrogens is 1.